The molecular weight excluding hydrogens is 511 g/mol. The molecule has 10 nitrogen and oxygen atoms in total. The second kappa shape index (κ2) is 8.33. The van der Waals surface area contributed by atoms with E-state index in [9.17, 15) is 23.6 Å². The number of nitrogens with zero attached hydrogens (tertiary/aromatic N) is 2. The van der Waals surface area contributed by atoms with Gasteiger partial charge in [0.2, 0.25) is 11.8 Å². The van der Waals surface area contributed by atoms with Crippen LogP contribution in [0, 0.1) is 5.82 Å². The number of hydrogen-bond donors (Lipinski definition) is 2. The van der Waals surface area contributed by atoms with Gasteiger partial charge in [-0.1, -0.05) is 12.1 Å². The van der Waals surface area contributed by atoms with Gasteiger partial charge >= 0.3 is 11.9 Å². The Morgan fingerprint density at radius 3 is 1.78 bits per heavy atom. The molecule has 2 amide bonds. The van der Waals surface area contributed by atoms with Crippen LogP contribution in [-0.4, -0.2) is 78.0 Å². The van der Waals surface area contributed by atoms with Crippen molar-refractivity contribution in [2.45, 2.75) is 78.4 Å². The van der Waals surface area contributed by atoms with Gasteiger partial charge in [-0.25, -0.2) is 14.0 Å². The number of β-lactam (4-membered cyclic amide) rings is 2. The van der Waals surface area contributed by atoms with Gasteiger partial charge in [-0.05, 0) is 39.8 Å². The molecule has 0 aromatic heterocycles. The molecule has 4 aliphatic heterocycles. The fourth-order valence-corrected chi connectivity index (χ4v) is 8.33. The van der Waals surface area contributed by atoms with Crippen LogP contribution >= 0.6 is 23.5 Å². The van der Waals surface area contributed by atoms with Gasteiger partial charge in [0, 0.05) is 15.1 Å². The van der Waals surface area contributed by atoms with Gasteiger partial charge in [0.1, 0.15) is 40.7 Å². The van der Waals surface area contributed by atoms with Gasteiger partial charge in [0.15, 0.2) is 0 Å². The van der Waals surface area contributed by atoms with Crippen LogP contribution in [0.2, 0.25) is 0 Å². The maximum absolute atomic E-state index is 14.1. The summed E-state index contributed by atoms with van der Waals surface area (Å²) >= 11 is 2.77. The van der Waals surface area contributed by atoms with Gasteiger partial charge in [0.05, 0.1) is 0 Å². The van der Waals surface area contributed by atoms with Gasteiger partial charge in [-0.15, -0.1) is 23.5 Å². The summed E-state index contributed by atoms with van der Waals surface area (Å²) in [4.78, 5) is 54.3. The number of halogens is 1. The van der Waals surface area contributed by atoms with Crippen molar-refractivity contribution in [3.05, 3.63) is 35.6 Å². The summed E-state index contributed by atoms with van der Waals surface area (Å²) in [5.74, 6) is -2.98. The molecule has 1 aromatic rings. The van der Waals surface area contributed by atoms with Crippen LogP contribution in [0.15, 0.2) is 24.3 Å². The summed E-state index contributed by atoms with van der Waals surface area (Å²) in [7, 11) is 0. The highest BCUT2D eigenvalue weighted by Gasteiger charge is 2.65. The summed E-state index contributed by atoms with van der Waals surface area (Å²) < 4.78 is 23.9. The summed E-state index contributed by atoms with van der Waals surface area (Å²) in [6, 6.07) is 1.77. The third-order valence-corrected chi connectivity index (χ3v) is 10.2. The number of carbonyl (C=O) groups is 4. The number of benzene rings is 1. The van der Waals surface area contributed by atoms with E-state index in [1.165, 1.54) is 51.5 Å². The smallest absolute Gasteiger partial charge is 0.333 e. The molecule has 0 unspecified atom stereocenters. The predicted molar refractivity (Wildman–Crippen MR) is 129 cm³/mol. The SMILES string of the molecule is CC1(C)S[C@@H]2[C@H](N)C(=O)N2[C@H]1C(=O)OC(OC(=O)[C@@H]1N2C(=O)[C@@H](N)[C@H]2SC1(C)C)c1cccc(F)c1. The lowest BCUT2D eigenvalue weighted by molar-refractivity contribution is -0.201. The number of ether oxygens (including phenoxy) is 2. The van der Waals surface area contributed by atoms with Gasteiger partial charge < -0.3 is 30.7 Å². The number of rotatable bonds is 5. The lowest BCUT2D eigenvalue weighted by atomic mass is 9.96. The Morgan fingerprint density at radius 2 is 1.36 bits per heavy atom. The third kappa shape index (κ3) is 3.70. The Bertz CT molecular complexity index is 1100. The minimum absolute atomic E-state index is 0.0926. The zero-order valence-electron chi connectivity index (χ0n) is 20.0. The van der Waals surface area contributed by atoms with E-state index in [0.29, 0.717) is 0 Å². The topological polar surface area (TPSA) is 145 Å². The van der Waals surface area contributed by atoms with Crippen molar-refractivity contribution in [3.8, 4) is 0 Å². The van der Waals surface area contributed by atoms with Crippen LogP contribution in [0.5, 0.6) is 0 Å². The summed E-state index contributed by atoms with van der Waals surface area (Å²) in [5.41, 5.74) is 11.9. The average molecular weight is 539 g/mol. The fourth-order valence-electron chi connectivity index (χ4n) is 5.20. The minimum Gasteiger partial charge on any atom is -0.419 e. The number of hydrogen-bond acceptors (Lipinski definition) is 10. The number of thioether (sulfide) groups is 2. The number of carbonyl (C=O) groups excluding carboxylic acids is 4. The van der Waals surface area contributed by atoms with E-state index in [0.717, 1.165) is 6.07 Å². The minimum atomic E-state index is -1.60. The van der Waals surface area contributed by atoms with Crippen molar-refractivity contribution in [1.29, 1.82) is 0 Å². The van der Waals surface area contributed by atoms with Crippen molar-refractivity contribution in [1.82, 2.24) is 9.80 Å². The van der Waals surface area contributed by atoms with E-state index in [1.807, 2.05) is 0 Å². The first-order valence-corrected chi connectivity index (χ1v) is 13.2. The average Bonchev–Trinajstić information content (AvgIpc) is 3.23. The van der Waals surface area contributed by atoms with Crippen molar-refractivity contribution in [2.75, 3.05) is 0 Å². The number of nitrogens with two attached hydrogens (primary N) is 2. The second-order valence-electron chi connectivity index (χ2n) is 10.3. The lowest BCUT2D eigenvalue weighted by Gasteiger charge is -2.42. The van der Waals surface area contributed by atoms with Crippen LogP contribution in [0.25, 0.3) is 0 Å². The van der Waals surface area contributed by atoms with Gasteiger partial charge in [0.25, 0.3) is 6.29 Å². The molecule has 5 rings (SSSR count). The maximum Gasteiger partial charge on any atom is 0.333 e. The molecule has 6 atom stereocenters. The fraction of sp³-hybridized carbons (Fsp3) is 0.565. The molecule has 0 bridgehead atoms. The van der Waals surface area contributed by atoms with Crippen molar-refractivity contribution >= 4 is 47.3 Å². The first-order chi connectivity index (χ1) is 16.7. The predicted octanol–water partition coefficient (Wildman–Crippen LogP) is 0.690. The monoisotopic (exact) mass is 538 g/mol. The zero-order valence-corrected chi connectivity index (χ0v) is 21.7. The molecule has 4 N–H and O–H groups in total. The van der Waals surface area contributed by atoms with Crippen LogP contribution < -0.4 is 11.5 Å². The Labute approximate surface area is 215 Å². The highest BCUT2D eigenvalue weighted by molar-refractivity contribution is 8.02. The normalized spacial score (nSPS) is 33.6. The van der Waals surface area contributed by atoms with E-state index < -0.39 is 57.7 Å². The molecule has 1 aromatic carbocycles. The Balaban J connectivity index is 1.41. The van der Waals surface area contributed by atoms with E-state index in [-0.39, 0.29) is 28.1 Å². The Hall–Kier alpha value is -2.35. The molecule has 4 heterocycles. The van der Waals surface area contributed by atoms with E-state index in [2.05, 4.69) is 0 Å². The molecule has 0 radical (unpaired) electrons. The van der Waals surface area contributed by atoms with Crippen molar-refractivity contribution in [3.63, 3.8) is 0 Å². The molecule has 4 fully saturated rings. The summed E-state index contributed by atoms with van der Waals surface area (Å²) in [5, 5.41) is -0.731. The van der Waals surface area contributed by atoms with Crippen molar-refractivity contribution < 1.29 is 33.0 Å². The van der Waals surface area contributed by atoms with Crippen LogP contribution in [0.3, 0.4) is 0 Å². The molecule has 13 heteroatoms. The van der Waals surface area contributed by atoms with Crippen LogP contribution in [0.1, 0.15) is 39.5 Å². The van der Waals surface area contributed by atoms with E-state index in [1.54, 1.807) is 27.7 Å². The molecule has 4 aliphatic rings. The summed E-state index contributed by atoms with van der Waals surface area (Å²) in [6.07, 6.45) is -1.60. The Kier molecular flexibility index (Phi) is 5.86. The van der Waals surface area contributed by atoms with E-state index in [4.69, 9.17) is 20.9 Å². The molecule has 36 heavy (non-hydrogen) atoms. The van der Waals surface area contributed by atoms with E-state index >= 15 is 0 Å². The number of fused-ring (bicyclic) bond motifs is 2. The maximum atomic E-state index is 14.1. The third-order valence-electron chi connectivity index (χ3n) is 6.98. The summed E-state index contributed by atoms with van der Waals surface area (Å²) in [6.45, 7) is 7.18. The zero-order chi connectivity index (χ0) is 26.3. The van der Waals surface area contributed by atoms with Crippen LogP contribution in [-0.2, 0) is 28.7 Å². The quantitative estimate of drug-likeness (QED) is 0.312. The largest absolute Gasteiger partial charge is 0.419 e. The number of esters is 2. The highest BCUT2D eigenvalue weighted by atomic mass is 32.2. The molecule has 0 saturated carbocycles. The first-order valence-electron chi connectivity index (χ1n) is 11.4. The van der Waals surface area contributed by atoms with Gasteiger partial charge in [-0.2, -0.15) is 0 Å². The molecule has 0 aliphatic carbocycles. The Morgan fingerprint density at radius 1 is 0.917 bits per heavy atom. The second-order valence-corrected chi connectivity index (χ2v) is 13.9. The standard InChI is InChI=1S/C23H27FN4O6S2/c1-22(2)13(27-15(29)11(25)17(27)35-22)19(31)33-21(9-6-5-7-10(24)8-9)34-20(32)14-23(3,4)36-18-12(26)16(30)28(14)18/h5-8,11-14,17-18,21H,25-26H2,1-4H3/t11-,12-,13+,14+,17-,18-/m1/s1. The molecule has 4 saturated heterocycles. The number of amides is 2. The molecule has 0 spiro atoms. The van der Waals surface area contributed by atoms with Crippen LogP contribution in [0.4, 0.5) is 4.39 Å². The van der Waals surface area contributed by atoms with Crippen molar-refractivity contribution in [2.24, 2.45) is 11.5 Å². The van der Waals surface area contributed by atoms with Gasteiger partial charge in [-0.3, -0.25) is 9.59 Å². The molecule has 194 valence electrons. The highest BCUT2D eigenvalue weighted by Crippen LogP contribution is 2.52. The lowest BCUT2D eigenvalue weighted by Crippen LogP contribution is -2.69. The first kappa shape index (κ1) is 25.3. The molecular formula is C23H27FN4O6S2.